The maximum absolute atomic E-state index is 12.9. The predicted octanol–water partition coefficient (Wildman–Crippen LogP) is 5.46. The van der Waals surface area contributed by atoms with E-state index in [0.717, 1.165) is 30.0 Å². The Morgan fingerprint density at radius 1 is 1.08 bits per heavy atom. The first kappa shape index (κ1) is 26.5. The zero-order chi connectivity index (χ0) is 27.2. The minimum Gasteiger partial charge on any atom is -0.508 e. The number of hydrogen-bond acceptors (Lipinski definition) is 4. The molecule has 4 aliphatic rings. The Morgan fingerprint density at radius 3 is 2.47 bits per heavy atom. The van der Waals surface area contributed by atoms with Crippen molar-refractivity contribution in [1.29, 1.82) is 0 Å². The number of halogens is 3. The summed E-state index contributed by atoms with van der Waals surface area (Å²) in [6.07, 6.45) is 3.62. The third kappa shape index (κ3) is 5.00. The first-order valence-corrected chi connectivity index (χ1v) is 13.2. The summed E-state index contributed by atoms with van der Waals surface area (Å²) in [7, 11) is 2.30. The number of alkyl halides is 3. The molecule has 2 aromatic carbocycles. The van der Waals surface area contributed by atoms with Crippen LogP contribution in [0.3, 0.4) is 0 Å². The number of aliphatic carboxylic acids is 1. The molecule has 1 aliphatic heterocycles. The molecule has 3 N–H and O–H groups in total. The van der Waals surface area contributed by atoms with Crippen LogP contribution in [0.1, 0.15) is 61.1 Å². The fraction of sp³-hybridized carbons (Fsp3) is 0.517. The fourth-order valence-corrected chi connectivity index (χ4v) is 7.11. The van der Waals surface area contributed by atoms with Crippen molar-refractivity contribution < 1.29 is 33.0 Å². The highest BCUT2D eigenvalue weighted by atomic mass is 19.4. The number of phenolic OH excluding ortho intramolecular Hbond substituents is 1. The molecule has 2 aromatic rings. The van der Waals surface area contributed by atoms with Crippen molar-refractivity contribution in [3.63, 3.8) is 0 Å². The molecule has 1 heterocycles. The smallest absolute Gasteiger partial charge is 0.490 e. The molecule has 0 aromatic heterocycles. The lowest BCUT2D eigenvalue weighted by Gasteiger charge is -2.58. The van der Waals surface area contributed by atoms with Gasteiger partial charge in [0.05, 0.1) is 0 Å². The molecule has 204 valence electrons. The quantitative estimate of drug-likeness (QED) is 0.491. The summed E-state index contributed by atoms with van der Waals surface area (Å²) in [4.78, 5) is 24.4. The van der Waals surface area contributed by atoms with E-state index in [4.69, 9.17) is 9.90 Å². The third-order valence-corrected chi connectivity index (χ3v) is 9.07. The van der Waals surface area contributed by atoms with Crippen molar-refractivity contribution in [2.45, 2.75) is 68.5 Å². The summed E-state index contributed by atoms with van der Waals surface area (Å²) in [6, 6.07) is 14.7. The van der Waals surface area contributed by atoms with Gasteiger partial charge in [-0.25, -0.2) is 4.79 Å². The molecule has 38 heavy (non-hydrogen) atoms. The molecule has 2 bridgehead atoms. The van der Waals surface area contributed by atoms with Crippen molar-refractivity contribution in [3.8, 4) is 5.75 Å². The predicted molar refractivity (Wildman–Crippen MR) is 136 cm³/mol. The minimum atomic E-state index is -5.08. The zero-order valence-corrected chi connectivity index (χ0v) is 21.3. The number of carboxylic acid groups (broad SMARTS) is 1. The number of hydrogen-bond donors (Lipinski definition) is 3. The highest BCUT2D eigenvalue weighted by molar-refractivity contribution is 5.95. The van der Waals surface area contributed by atoms with Crippen molar-refractivity contribution in [2.75, 3.05) is 18.9 Å². The molecule has 5 atom stereocenters. The van der Waals surface area contributed by atoms with Gasteiger partial charge >= 0.3 is 12.1 Å². The summed E-state index contributed by atoms with van der Waals surface area (Å²) in [5.74, 6) is -1.26. The second-order valence-electron chi connectivity index (χ2n) is 11.2. The summed E-state index contributed by atoms with van der Waals surface area (Å²) < 4.78 is 31.7. The number of piperidine rings is 1. The standard InChI is InChI=1S/C27H32N2O2.C2HF3O2/c1-29-13-12-27-11-3-2-4-24(27)25(29)15-18-14-19(7-10-23(18)27)28-26(31)22-16-21(22)17-5-8-20(30)9-6-17;3-2(4,5)1(6)7/h5-10,14,21-22,24-25,30H,2-4,11-13,15-16H2,1H3,(H,28,31);(H,6,7)/t21?,22-,24+,25-,27+;/m1./s1. The Morgan fingerprint density at radius 2 is 1.79 bits per heavy atom. The van der Waals surface area contributed by atoms with Crippen LogP contribution < -0.4 is 5.32 Å². The van der Waals surface area contributed by atoms with Crippen molar-refractivity contribution in [2.24, 2.45) is 11.8 Å². The fourth-order valence-electron chi connectivity index (χ4n) is 7.11. The van der Waals surface area contributed by atoms with Gasteiger partial charge < -0.3 is 20.4 Å². The number of amides is 1. The van der Waals surface area contributed by atoms with Crippen molar-refractivity contribution >= 4 is 17.6 Å². The third-order valence-electron chi connectivity index (χ3n) is 9.07. The Labute approximate surface area is 219 Å². The van der Waals surface area contributed by atoms with Gasteiger partial charge in [0.15, 0.2) is 0 Å². The molecule has 0 spiro atoms. The zero-order valence-electron chi connectivity index (χ0n) is 21.3. The number of carbonyl (C=O) groups is 2. The maximum atomic E-state index is 12.9. The average molecular weight is 531 g/mol. The number of benzene rings is 2. The van der Waals surface area contributed by atoms with Crippen LogP contribution in [0.2, 0.25) is 0 Å². The molecule has 1 amide bonds. The molecule has 6 rings (SSSR count). The normalized spacial score (nSPS) is 29.7. The van der Waals surface area contributed by atoms with Crippen LogP contribution in [0.5, 0.6) is 5.75 Å². The molecule has 0 radical (unpaired) electrons. The Kier molecular flexibility index (Phi) is 6.92. The number of carbonyl (C=O) groups excluding carboxylic acids is 1. The topological polar surface area (TPSA) is 89.9 Å². The number of likely N-dealkylation sites (tertiary alicyclic amines) is 1. The molecule has 9 heteroatoms. The van der Waals surface area contributed by atoms with E-state index in [0.29, 0.717) is 11.5 Å². The number of phenols is 1. The van der Waals surface area contributed by atoms with Crippen LogP contribution in [0, 0.1) is 11.8 Å². The molecule has 3 fully saturated rings. The Hall–Kier alpha value is -3.07. The number of nitrogens with one attached hydrogen (secondary N) is 1. The van der Waals surface area contributed by atoms with E-state index in [1.807, 2.05) is 12.1 Å². The summed E-state index contributed by atoms with van der Waals surface area (Å²) in [6.45, 7) is 1.21. The van der Waals surface area contributed by atoms with Crippen LogP contribution in [-0.4, -0.2) is 52.8 Å². The molecular weight excluding hydrogens is 497 g/mol. The van der Waals surface area contributed by atoms with Gasteiger partial charge in [-0.2, -0.15) is 13.2 Å². The van der Waals surface area contributed by atoms with Gasteiger partial charge in [-0.1, -0.05) is 31.0 Å². The SMILES string of the molecule is CN1CC[C@]23CCCC[C@H]2[C@H]1Cc1cc(NC(=O)[C@@H]2CC2c2ccc(O)cc2)ccc13.O=C(O)C(F)(F)F. The largest absolute Gasteiger partial charge is 0.508 e. The van der Waals surface area contributed by atoms with Gasteiger partial charge in [-0.15, -0.1) is 0 Å². The van der Waals surface area contributed by atoms with Gasteiger partial charge in [0.1, 0.15) is 5.75 Å². The van der Waals surface area contributed by atoms with E-state index in [2.05, 4.69) is 35.5 Å². The van der Waals surface area contributed by atoms with Crippen LogP contribution in [-0.2, 0) is 21.4 Å². The summed E-state index contributed by atoms with van der Waals surface area (Å²) in [5, 5.41) is 19.8. The van der Waals surface area contributed by atoms with Gasteiger partial charge in [0.25, 0.3) is 0 Å². The lowest BCUT2D eigenvalue weighted by atomic mass is 9.52. The highest BCUT2D eigenvalue weighted by Gasteiger charge is 2.53. The van der Waals surface area contributed by atoms with E-state index < -0.39 is 12.1 Å². The number of rotatable bonds is 3. The molecule has 6 nitrogen and oxygen atoms in total. The Balaban J connectivity index is 0.000000374. The first-order chi connectivity index (χ1) is 18.0. The lowest BCUT2D eigenvalue weighted by molar-refractivity contribution is -0.192. The molecule has 2 saturated carbocycles. The molecule has 1 saturated heterocycles. The van der Waals surface area contributed by atoms with E-state index in [1.54, 1.807) is 17.7 Å². The molecular formula is C29H33F3N2O4. The van der Waals surface area contributed by atoms with Crippen LogP contribution >= 0.6 is 0 Å². The summed E-state index contributed by atoms with van der Waals surface area (Å²) >= 11 is 0. The first-order valence-electron chi connectivity index (χ1n) is 13.2. The van der Waals surface area contributed by atoms with Crippen LogP contribution in [0.25, 0.3) is 0 Å². The van der Waals surface area contributed by atoms with Gasteiger partial charge in [-0.3, -0.25) is 4.79 Å². The number of nitrogens with zero attached hydrogens (tertiary/aromatic N) is 1. The number of likely N-dealkylation sites (N-methyl/N-ethyl adjacent to an activating group) is 1. The van der Waals surface area contributed by atoms with Crippen LogP contribution in [0.15, 0.2) is 42.5 Å². The van der Waals surface area contributed by atoms with E-state index in [1.165, 1.54) is 44.2 Å². The summed E-state index contributed by atoms with van der Waals surface area (Å²) in [5.41, 5.74) is 5.49. The van der Waals surface area contributed by atoms with Gasteiger partial charge in [-0.05, 0) is 98.5 Å². The molecule has 3 aliphatic carbocycles. The van der Waals surface area contributed by atoms with E-state index >= 15 is 0 Å². The van der Waals surface area contributed by atoms with Gasteiger partial charge in [0.2, 0.25) is 5.91 Å². The monoisotopic (exact) mass is 530 g/mol. The lowest BCUT2D eigenvalue weighted by Crippen LogP contribution is -2.59. The number of fused-ring (bicyclic) bond motifs is 1. The Bertz CT molecular complexity index is 1220. The minimum absolute atomic E-state index is 0.0346. The number of aromatic hydroxyl groups is 1. The van der Waals surface area contributed by atoms with E-state index in [-0.39, 0.29) is 23.5 Å². The second kappa shape index (κ2) is 9.91. The molecule has 1 unspecified atom stereocenters. The van der Waals surface area contributed by atoms with Crippen molar-refractivity contribution in [1.82, 2.24) is 4.90 Å². The second-order valence-corrected chi connectivity index (χ2v) is 11.2. The maximum Gasteiger partial charge on any atom is 0.490 e. The highest BCUT2D eigenvalue weighted by Crippen LogP contribution is 2.56. The van der Waals surface area contributed by atoms with Gasteiger partial charge in [0, 0.05) is 23.1 Å². The number of anilines is 1. The van der Waals surface area contributed by atoms with Crippen LogP contribution in [0.4, 0.5) is 18.9 Å². The number of carboxylic acids is 1. The van der Waals surface area contributed by atoms with Crippen molar-refractivity contribution in [3.05, 3.63) is 59.2 Å². The average Bonchev–Trinajstić information content (AvgIpc) is 3.68. The van der Waals surface area contributed by atoms with E-state index in [9.17, 15) is 23.1 Å².